The summed E-state index contributed by atoms with van der Waals surface area (Å²) in [5.41, 5.74) is 0.930. The van der Waals surface area contributed by atoms with E-state index in [1.165, 1.54) is 35.5 Å². The molecule has 0 radical (unpaired) electrons. The van der Waals surface area contributed by atoms with Gasteiger partial charge in [0.25, 0.3) is 5.91 Å². The van der Waals surface area contributed by atoms with Crippen molar-refractivity contribution in [1.29, 1.82) is 0 Å². The molecule has 1 N–H and O–H groups in total. The zero-order valence-electron chi connectivity index (χ0n) is 15.4. The molecule has 1 amide bonds. The van der Waals surface area contributed by atoms with Crippen LogP contribution in [0.3, 0.4) is 0 Å². The second-order valence-corrected chi connectivity index (χ2v) is 6.01. The van der Waals surface area contributed by atoms with Crippen LogP contribution in [0, 0.1) is 0 Å². The van der Waals surface area contributed by atoms with Gasteiger partial charge in [-0.3, -0.25) is 9.78 Å². The SMILES string of the molecule is O=C(O)c1ccccc1C(=O)OCCN(C(=O)c1ccncc1)c1ccccc1. The van der Waals surface area contributed by atoms with Gasteiger partial charge in [-0.2, -0.15) is 0 Å². The summed E-state index contributed by atoms with van der Waals surface area (Å²) in [7, 11) is 0. The molecule has 1 aromatic heterocycles. The molecule has 0 atom stereocenters. The Morgan fingerprint density at radius 1 is 0.862 bits per heavy atom. The summed E-state index contributed by atoms with van der Waals surface area (Å²) < 4.78 is 5.25. The lowest BCUT2D eigenvalue weighted by atomic mass is 10.1. The first kappa shape index (κ1) is 19.8. The number of aromatic carboxylic acids is 1. The molecule has 3 aromatic rings. The van der Waals surface area contributed by atoms with Gasteiger partial charge in [0.1, 0.15) is 6.61 Å². The third kappa shape index (κ3) is 4.84. The van der Waals surface area contributed by atoms with Crippen LogP contribution < -0.4 is 4.90 Å². The number of aromatic nitrogens is 1. The second kappa shape index (κ2) is 9.27. The van der Waals surface area contributed by atoms with E-state index in [1.807, 2.05) is 6.07 Å². The lowest BCUT2D eigenvalue weighted by molar-refractivity contribution is 0.0501. The Morgan fingerprint density at radius 3 is 2.14 bits per heavy atom. The molecule has 0 saturated carbocycles. The van der Waals surface area contributed by atoms with Crippen LogP contribution >= 0.6 is 0 Å². The van der Waals surface area contributed by atoms with Crippen LogP contribution in [0.15, 0.2) is 79.1 Å². The van der Waals surface area contributed by atoms with Crippen molar-refractivity contribution < 1.29 is 24.2 Å². The number of carbonyl (C=O) groups excluding carboxylic acids is 2. The molecule has 7 nitrogen and oxygen atoms in total. The van der Waals surface area contributed by atoms with Gasteiger partial charge in [-0.15, -0.1) is 0 Å². The Morgan fingerprint density at radius 2 is 1.48 bits per heavy atom. The highest BCUT2D eigenvalue weighted by molar-refractivity contribution is 6.06. The molecule has 2 aromatic carbocycles. The van der Waals surface area contributed by atoms with Gasteiger partial charge in [0.05, 0.1) is 17.7 Å². The molecule has 0 unspecified atom stereocenters. The number of anilines is 1. The fourth-order valence-corrected chi connectivity index (χ4v) is 2.76. The molecule has 7 heteroatoms. The van der Waals surface area contributed by atoms with E-state index >= 15 is 0 Å². The van der Waals surface area contributed by atoms with Gasteiger partial charge in [-0.05, 0) is 36.4 Å². The van der Waals surface area contributed by atoms with E-state index in [9.17, 15) is 19.5 Å². The normalized spacial score (nSPS) is 10.2. The minimum atomic E-state index is -1.21. The van der Waals surface area contributed by atoms with Gasteiger partial charge in [-0.25, -0.2) is 9.59 Å². The summed E-state index contributed by atoms with van der Waals surface area (Å²) in [5.74, 6) is -2.23. The Bertz CT molecular complexity index is 1010. The van der Waals surface area contributed by atoms with Crippen LogP contribution in [0.1, 0.15) is 31.1 Å². The number of ether oxygens (including phenoxy) is 1. The molecular formula is C22H18N2O5. The van der Waals surface area contributed by atoms with Crippen molar-refractivity contribution >= 4 is 23.5 Å². The number of carbonyl (C=O) groups is 3. The first-order valence-electron chi connectivity index (χ1n) is 8.84. The van der Waals surface area contributed by atoms with E-state index in [-0.39, 0.29) is 30.2 Å². The van der Waals surface area contributed by atoms with Crippen LogP contribution in [0.2, 0.25) is 0 Å². The van der Waals surface area contributed by atoms with Crippen molar-refractivity contribution in [3.63, 3.8) is 0 Å². The lowest BCUT2D eigenvalue weighted by Crippen LogP contribution is -2.34. The average Bonchev–Trinajstić information content (AvgIpc) is 2.77. The molecule has 0 aliphatic heterocycles. The maximum Gasteiger partial charge on any atom is 0.339 e. The predicted octanol–water partition coefficient (Wildman–Crippen LogP) is 3.28. The zero-order chi connectivity index (χ0) is 20.6. The quantitative estimate of drug-likeness (QED) is 0.622. The van der Waals surface area contributed by atoms with E-state index in [0.717, 1.165) is 0 Å². The first-order chi connectivity index (χ1) is 14.1. The zero-order valence-corrected chi connectivity index (χ0v) is 15.4. The monoisotopic (exact) mass is 390 g/mol. The smallest absolute Gasteiger partial charge is 0.339 e. The third-order valence-electron chi connectivity index (χ3n) is 4.17. The molecule has 146 valence electrons. The summed E-state index contributed by atoms with van der Waals surface area (Å²) in [6, 6.07) is 18.0. The number of benzene rings is 2. The number of hydrogen-bond donors (Lipinski definition) is 1. The molecule has 0 aliphatic carbocycles. The maximum absolute atomic E-state index is 12.9. The number of para-hydroxylation sites is 1. The van der Waals surface area contributed by atoms with Crippen LogP contribution in [0.25, 0.3) is 0 Å². The van der Waals surface area contributed by atoms with Crippen LogP contribution in [-0.4, -0.2) is 41.1 Å². The van der Waals surface area contributed by atoms with E-state index < -0.39 is 11.9 Å². The Hall–Kier alpha value is -4.00. The van der Waals surface area contributed by atoms with Gasteiger partial charge in [0, 0.05) is 23.6 Å². The number of rotatable bonds is 7. The minimum absolute atomic E-state index is 0.0354. The summed E-state index contributed by atoms with van der Waals surface area (Å²) in [5, 5.41) is 9.21. The fourth-order valence-electron chi connectivity index (χ4n) is 2.76. The number of esters is 1. The predicted molar refractivity (Wildman–Crippen MR) is 106 cm³/mol. The molecule has 0 spiro atoms. The molecule has 0 fully saturated rings. The molecule has 3 rings (SSSR count). The number of nitrogens with zero attached hydrogens (tertiary/aromatic N) is 2. The third-order valence-corrected chi connectivity index (χ3v) is 4.17. The minimum Gasteiger partial charge on any atom is -0.478 e. The van der Waals surface area contributed by atoms with Gasteiger partial charge in [-0.1, -0.05) is 30.3 Å². The Labute approximate surface area is 167 Å². The second-order valence-electron chi connectivity index (χ2n) is 6.01. The number of hydrogen-bond acceptors (Lipinski definition) is 5. The van der Waals surface area contributed by atoms with Crippen molar-refractivity contribution in [2.75, 3.05) is 18.1 Å². The Kier molecular flexibility index (Phi) is 6.32. The van der Waals surface area contributed by atoms with Crippen molar-refractivity contribution in [2.45, 2.75) is 0 Å². The van der Waals surface area contributed by atoms with Gasteiger partial charge >= 0.3 is 11.9 Å². The molecule has 0 bridgehead atoms. The Balaban J connectivity index is 1.74. The highest BCUT2D eigenvalue weighted by atomic mass is 16.5. The van der Waals surface area contributed by atoms with Gasteiger partial charge < -0.3 is 14.7 Å². The van der Waals surface area contributed by atoms with Crippen molar-refractivity contribution in [1.82, 2.24) is 4.98 Å². The summed E-state index contributed by atoms with van der Waals surface area (Å²) in [4.78, 5) is 41.9. The van der Waals surface area contributed by atoms with Gasteiger partial charge in [0.15, 0.2) is 0 Å². The number of carboxylic acids is 1. The van der Waals surface area contributed by atoms with Crippen LogP contribution in [0.4, 0.5) is 5.69 Å². The van der Waals surface area contributed by atoms with E-state index in [0.29, 0.717) is 11.3 Å². The van der Waals surface area contributed by atoms with Crippen LogP contribution in [0.5, 0.6) is 0 Å². The molecule has 0 saturated heterocycles. The first-order valence-corrected chi connectivity index (χ1v) is 8.84. The number of carboxylic acid groups (broad SMARTS) is 1. The van der Waals surface area contributed by atoms with E-state index in [2.05, 4.69) is 4.98 Å². The van der Waals surface area contributed by atoms with Crippen molar-refractivity contribution in [3.8, 4) is 0 Å². The average molecular weight is 390 g/mol. The highest BCUT2D eigenvalue weighted by Crippen LogP contribution is 2.17. The lowest BCUT2D eigenvalue weighted by Gasteiger charge is -2.23. The van der Waals surface area contributed by atoms with Crippen molar-refractivity contribution in [2.24, 2.45) is 0 Å². The van der Waals surface area contributed by atoms with E-state index in [1.54, 1.807) is 42.5 Å². The summed E-state index contributed by atoms with van der Waals surface area (Å²) in [6.45, 7) is 0.00462. The summed E-state index contributed by atoms with van der Waals surface area (Å²) >= 11 is 0. The molecule has 1 heterocycles. The standard InChI is InChI=1S/C22H18N2O5/c25-20(16-10-12-23-13-11-16)24(17-6-2-1-3-7-17)14-15-29-22(28)19-9-5-4-8-18(19)21(26)27/h1-13H,14-15H2,(H,26,27). The van der Waals surface area contributed by atoms with Crippen LogP contribution in [-0.2, 0) is 4.74 Å². The van der Waals surface area contributed by atoms with E-state index in [4.69, 9.17) is 4.74 Å². The topological polar surface area (TPSA) is 96.8 Å². The van der Waals surface area contributed by atoms with Crippen molar-refractivity contribution in [3.05, 3.63) is 95.8 Å². The number of pyridine rings is 1. The fraction of sp³-hybridized carbons (Fsp3) is 0.0909. The highest BCUT2D eigenvalue weighted by Gasteiger charge is 2.20. The molecular weight excluding hydrogens is 372 g/mol. The van der Waals surface area contributed by atoms with Gasteiger partial charge in [0.2, 0.25) is 0 Å². The largest absolute Gasteiger partial charge is 0.478 e. The molecule has 29 heavy (non-hydrogen) atoms. The summed E-state index contributed by atoms with van der Waals surface area (Å²) in [6.07, 6.45) is 3.05. The molecule has 0 aliphatic rings. The maximum atomic E-state index is 12.9. The number of amides is 1.